The van der Waals surface area contributed by atoms with Gasteiger partial charge in [0, 0.05) is 30.0 Å². The van der Waals surface area contributed by atoms with Crippen LogP contribution < -0.4 is 4.90 Å². The van der Waals surface area contributed by atoms with Crippen LogP contribution in [0.3, 0.4) is 0 Å². The van der Waals surface area contributed by atoms with Crippen molar-refractivity contribution in [1.29, 1.82) is 0 Å². The number of nitrogens with zero attached hydrogens (tertiary/aromatic N) is 4. The summed E-state index contributed by atoms with van der Waals surface area (Å²) in [7, 11) is 0. The highest BCUT2D eigenvalue weighted by atomic mass is 79.9. The van der Waals surface area contributed by atoms with Gasteiger partial charge in [-0.05, 0) is 49.6 Å². The largest absolute Gasteiger partial charge is 0.337 e. The normalized spacial score (nSPS) is 11.2. The molecule has 30 heavy (non-hydrogen) atoms. The van der Waals surface area contributed by atoms with Gasteiger partial charge in [-0.25, -0.2) is 9.97 Å². The summed E-state index contributed by atoms with van der Waals surface area (Å²) in [5.41, 5.74) is 3.67. The van der Waals surface area contributed by atoms with Crippen molar-refractivity contribution < 1.29 is 4.79 Å². The number of hydrogen-bond donors (Lipinski definition) is 0. The van der Waals surface area contributed by atoms with Gasteiger partial charge in [-0.15, -0.1) is 0 Å². The van der Waals surface area contributed by atoms with Gasteiger partial charge in [-0.1, -0.05) is 51.0 Å². The zero-order valence-corrected chi connectivity index (χ0v) is 19.8. The Morgan fingerprint density at radius 2 is 2.03 bits per heavy atom. The average Bonchev–Trinajstić information content (AvgIpc) is 3.40. The smallest absolute Gasteiger partial charge is 0.261 e. The second kappa shape index (κ2) is 8.88. The van der Waals surface area contributed by atoms with Crippen molar-refractivity contribution in [2.45, 2.75) is 26.8 Å². The van der Waals surface area contributed by atoms with E-state index in [2.05, 4.69) is 40.0 Å². The van der Waals surface area contributed by atoms with Gasteiger partial charge in [-0.2, -0.15) is 0 Å². The topological polar surface area (TPSA) is 51.0 Å². The maximum atomic E-state index is 13.5. The number of rotatable bonds is 6. The number of halogens is 2. The summed E-state index contributed by atoms with van der Waals surface area (Å²) >= 11 is 11.4. The highest BCUT2D eigenvalue weighted by Gasteiger charge is 2.24. The van der Waals surface area contributed by atoms with E-state index in [-0.39, 0.29) is 5.91 Å². The highest BCUT2D eigenvalue weighted by molar-refractivity contribution is 9.10. The molecule has 2 aromatic heterocycles. The predicted molar refractivity (Wildman–Crippen MR) is 127 cm³/mol. The molecule has 5 nitrogen and oxygen atoms in total. The minimum Gasteiger partial charge on any atom is -0.337 e. The summed E-state index contributed by atoms with van der Waals surface area (Å²) in [6.07, 6.45) is 6.22. The molecular formula is C22H20BrClN4OS. The van der Waals surface area contributed by atoms with Crippen molar-refractivity contribution in [3.8, 4) is 0 Å². The van der Waals surface area contributed by atoms with Gasteiger partial charge in [0.05, 0.1) is 27.1 Å². The molecular weight excluding hydrogens is 484 g/mol. The van der Waals surface area contributed by atoms with E-state index in [4.69, 9.17) is 16.6 Å². The van der Waals surface area contributed by atoms with Crippen LogP contribution in [-0.2, 0) is 6.54 Å². The van der Waals surface area contributed by atoms with E-state index in [1.165, 1.54) is 0 Å². The zero-order valence-electron chi connectivity index (χ0n) is 16.6. The number of imidazole rings is 1. The van der Waals surface area contributed by atoms with E-state index in [1.54, 1.807) is 40.9 Å². The number of carbonyl (C=O) groups is 1. The quantitative estimate of drug-likeness (QED) is 0.312. The monoisotopic (exact) mass is 502 g/mol. The Morgan fingerprint density at radius 1 is 1.23 bits per heavy atom. The summed E-state index contributed by atoms with van der Waals surface area (Å²) in [4.78, 5) is 24.2. The van der Waals surface area contributed by atoms with Crippen LogP contribution in [0.4, 0.5) is 5.13 Å². The summed E-state index contributed by atoms with van der Waals surface area (Å²) in [5, 5.41) is 1.12. The van der Waals surface area contributed by atoms with E-state index < -0.39 is 0 Å². The SMILES string of the molecule is Cc1ccc(C)c2sc(N(CCCn3ccnc3)C(=O)c3cc(Br)ccc3Cl)nc12. The van der Waals surface area contributed by atoms with Crippen molar-refractivity contribution in [1.82, 2.24) is 14.5 Å². The Kier molecular flexibility index (Phi) is 6.22. The minimum atomic E-state index is -0.152. The third-order valence-electron chi connectivity index (χ3n) is 4.92. The number of aromatic nitrogens is 3. The lowest BCUT2D eigenvalue weighted by Gasteiger charge is -2.21. The molecule has 0 N–H and O–H groups in total. The molecule has 2 aromatic carbocycles. The fourth-order valence-corrected chi connectivity index (χ4v) is 4.98. The van der Waals surface area contributed by atoms with Crippen molar-refractivity contribution in [3.05, 3.63) is 75.2 Å². The van der Waals surface area contributed by atoms with Crippen molar-refractivity contribution >= 4 is 60.1 Å². The third-order valence-corrected chi connectivity index (χ3v) is 6.96. The fraction of sp³-hybridized carbons (Fsp3) is 0.227. The van der Waals surface area contributed by atoms with Gasteiger partial charge in [0.15, 0.2) is 5.13 Å². The number of amides is 1. The number of fused-ring (bicyclic) bond motifs is 1. The van der Waals surface area contributed by atoms with E-state index in [0.717, 1.165) is 38.8 Å². The molecule has 0 radical (unpaired) electrons. The van der Waals surface area contributed by atoms with Gasteiger partial charge >= 0.3 is 0 Å². The fourth-order valence-electron chi connectivity index (χ4n) is 3.28. The van der Waals surface area contributed by atoms with E-state index in [0.29, 0.717) is 22.3 Å². The van der Waals surface area contributed by atoms with Crippen LogP contribution in [0, 0.1) is 13.8 Å². The van der Waals surface area contributed by atoms with Gasteiger partial charge in [0.1, 0.15) is 0 Å². The first kappa shape index (κ1) is 21.0. The second-order valence-electron chi connectivity index (χ2n) is 7.11. The molecule has 1 amide bonds. The summed E-state index contributed by atoms with van der Waals surface area (Å²) in [6, 6.07) is 9.48. The molecule has 0 aliphatic rings. The lowest BCUT2D eigenvalue weighted by Crippen LogP contribution is -2.32. The summed E-state index contributed by atoms with van der Waals surface area (Å²) in [5.74, 6) is -0.152. The number of hydrogen-bond acceptors (Lipinski definition) is 4. The first-order valence-corrected chi connectivity index (χ1v) is 11.5. The Bertz CT molecular complexity index is 1170. The van der Waals surface area contributed by atoms with Crippen LogP contribution in [0.5, 0.6) is 0 Å². The maximum Gasteiger partial charge on any atom is 0.261 e. The first-order chi connectivity index (χ1) is 14.4. The molecule has 0 aliphatic carbocycles. The van der Waals surface area contributed by atoms with Crippen molar-refractivity contribution in [2.75, 3.05) is 11.4 Å². The number of carbonyl (C=O) groups excluding carboxylic acids is 1. The first-order valence-electron chi connectivity index (χ1n) is 9.53. The number of anilines is 1. The lowest BCUT2D eigenvalue weighted by atomic mass is 10.1. The second-order valence-corrected chi connectivity index (χ2v) is 9.41. The predicted octanol–water partition coefficient (Wildman–Crippen LogP) is 6.26. The Labute approximate surface area is 192 Å². The van der Waals surface area contributed by atoms with Gasteiger partial charge in [-0.3, -0.25) is 9.69 Å². The van der Waals surface area contributed by atoms with Crippen LogP contribution in [0.25, 0.3) is 10.2 Å². The standard InChI is InChI=1S/C22H20BrClN4OS/c1-14-4-5-15(2)20-19(14)26-22(30-20)28(10-3-9-27-11-8-25-13-27)21(29)17-12-16(23)6-7-18(17)24/h4-8,11-13H,3,9-10H2,1-2H3. The van der Waals surface area contributed by atoms with Crippen LogP contribution >= 0.6 is 38.9 Å². The zero-order chi connectivity index (χ0) is 21.3. The molecule has 0 unspecified atom stereocenters. The van der Waals surface area contributed by atoms with Crippen molar-refractivity contribution in [2.24, 2.45) is 0 Å². The molecule has 4 aromatic rings. The molecule has 0 saturated heterocycles. The Hall–Kier alpha value is -2.22. The van der Waals surface area contributed by atoms with Crippen molar-refractivity contribution in [3.63, 3.8) is 0 Å². The number of thiazole rings is 1. The van der Waals surface area contributed by atoms with Crippen LogP contribution in [-0.4, -0.2) is 27.0 Å². The number of benzene rings is 2. The number of aryl methyl sites for hydroxylation is 3. The van der Waals surface area contributed by atoms with E-state index in [9.17, 15) is 4.79 Å². The lowest BCUT2D eigenvalue weighted by molar-refractivity contribution is 0.0986. The molecule has 0 atom stereocenters. The molecule has 8 heteroatoms. The molecule has 2 heterocycles. The van der Waals surface area contributed by atoms with Gasteiger partial charge in [0.2, 0.25) is 0 Å². The molecule has 4 rings (SSSR count). The van der Waals surface area contributed by atoms with Crippen LogP contribution in [0.2, 0.25) is 5.02 Å². The summed E-state index contributed by atoms with van der Waals surface area (Å²) in [6.45, 7) is 5.40. The minimum absolute atomic E-state index is 0.152. The third kappa shape index (κ3) is 4.29. The Morgan fingerprint density at radius 3 is 2.77 bits per heavy atom. The van der Waals surface area contributed by atoms with Gasteiger partial charge in [0.25, 0.3) is 5.91 Å². The molecule has 0 bridgehead atoms. The summed E-state index contributed by atoms with van der Waals surface area (Å²) < 4.78 is 3.92. The molecule has 154 valence electrons. The molecule has 0 aliphatic heterocycles. The molecule has 0 spiro atoms. The van der Waals surface area contributed by atoms with Crippen LogP contribution in [0.15, 0.2) is 53.5 Å². The van der Waals surface area contributed by atoms with Crippen LogP contribution in [0.1, 0.15) is 27.9 Å². The maximum absolute atomic E-state index is 13.5. The van der Waals surface area contributed by atoms with Gasteiger partial charge < -0.3 is 4.57 Å². The molecule has 0 saturated carbocycles. The Balaban J connectivity index is 1.71. The molecule has 0 fully saturated rings. The average molecular weight is 504 g/mol. The van der Waals surface area contributed by atoms with E-state index in [1.807, 2.05) is 23.8 Å². The van der Waals surface area contributed by atoms with E-state index >= 15 is 0 Å². The highest BCUT2D eigenvalue weighted by Crippen LogP contribution is 2.34.